The molecule has 0 bridgehead atoms. The number of hydrogen-bond acceptors (Lipinski definition) is 6. The molecule has 12 heteroatoms. The zero-order chi connectivity index (χ0) is 32.4. The number of halogens is 1. The van der Waals surface area contributed by atoms with Gasteiger partial charge in [-0.15, -0.1) is 0 Å². The average molecular weight is 649 g/mol. The Hall–Kier alpha value is -4.74. The maximum atomic E-state index is 14.4. The molecule has 0 radical (unpaired) electrons. The van der Waals surface area contributed by atoms with Crippen LogP contribution in [0.3, 0.4) is 0 Å². The van der Waals surface area contributed by atoms with E-state index in [1.165, 1.54) is 41.3 Å². The predicted molar refractivity (Wildman–Crippen MR) is 173 cm³/mol. The minimum absolute atomic E-state index is 0.00741. The van der Waals surface area contributed by atoms with E-state index in [0.29, 0.717) is 23.6 Å². The first-order valence-electron chi connectivity index (χ1n) is 14.3. The van der Waals surface area contributed by atoms with Crippen molar-refractivity contribution in [1.29, 1.82) is 0 Å². The Kier molecular flexibility index (Phi) is 11.3. The van der Waals surface area contributed by atoms with E-state index in [-0.39, 0.29) is 35.1 Å². The highest BCUT2D eigenvalue weighted by atomic mass is 35.5. The lowest BCUT2D eigenvalue weighted by Gasteiger charge is -2.34. The van der Waals surface area contributed by atoms with Crippen molar-refractivity contribution in [3.8, 4) is 0 Å². The number of sulfonamides is 1. The van der Waals surface area contributed by atoms with Gasteiger partial charge in [0.15, 0.2) is 0 Å². The average Bonchev–Trinajstić information content (AvgIpc) is 3.05. The molecular weight excluding hydrogens is 616 g/mol. The van der Waals surface area contributed by atoms with Crippen molar-refractivity contribution in [2.45, 2.75) is 37.2 Å². The van der Waals surface area contributed by atoms with E-state index in [1.807, 2.05) is 37.3 Å². The van der Waals surface area contributed by atoms with E-state index >= 15 is 0 Å². The SMILES string of the molecule is CCCNC(=O)C(Cc1ccccc1)N(Cc1ccc(Cl)cc1)C(=O)CN(c1ccc([N+](=O)[O-])cc1)S(=O)(=O)c1ccccc1. The standard InChI is InChI=1S/C33H33ClN4O6S/c1-2-21-35-33(40)31(22-25-9-5-3-6-10-25)36(23-26-13-15-27(34)16-14-26)32(39)24-37(28-17-19-29(20-18-28)38(41)42)45(43,44)30-11-7-4-8-12-30/h3-20,31H,2,21-24H2,1H3,(H,35,40). The molecule has 4 aromatic rings. The minimum atomic E-state index is -4.32. The molecule has 45 heavy (non-hydrogen) atoms. The van der Waals surface area contributed by atoms with Crippen molar-refractivity contribution in [1.82, 2.24) is 10.2 Å². The quantitative estimate of drug-likeness (QED) is 0.140. The van der Waals surface area contributed by atoms with Crippen LogP contribution in [0.2, 0.25) is 5.02 Å². The molecule has 4 aromatic carbocycles. The number of hydrogen-bond donors (Lipinski definition) is 1. The van der Waals surface area contributed by atoms with Gasteiger partial charge in [-0.25, -0.2) is 8.42 Å². The summed E-state index contributed by atoms with van der Waals surface area (Å²) in [5, 5.41) is 14.7. The Morgan fingerprint density at radius 2 is 1.47 bits per heavy atom. The number of nitro benzene ring substituents is 1. The monoisotopic (exact) mass is 648 g/mol. The van der Waals surface area contributed by atoms with Crippen molar-refractivity contribution in [3.05, 3.63) is 135 Å². The Morgan fingerprint density at radius 1 is 0.867 bits per heavy atom. The number of benzene rings is 4. The fourth-order valence-electron chi connectivity index (χ4n) is 4.70. The Balaban J connectivity index is 1.79. The van der Waals surface area contributed by atoms with Crippen LogP contribution in [0.25, 0.3) is 0 Å². The van der Waals surface area contributed by atoms with Crippen LogP contribution in [0.1, 0.15) is 24.5 Å². The van der Waals surface area contributed by atoms with Gasteiger partial charge in [-0.05, 0) is 53.9 Å². The van der Waals surface area contributed by atoms with Crippen LogP contribution < -0.4 is 9.62 Å². The summed E-state index contributed by atoms with van der Waals surface area (Å²) >= 11 is 6.10. The molecule has 1 atom stereocenters. The maximum absolute atomic E-state index is 14.4. The summed E-state index contributed by atoms with van der Waals surface area (Å²) in [5.41, 5.74) is 1.32. The van der Waals surface area contributed by atoms with Gasteiger partial charge in [-0.1, -0.05) is 79.2 Å². The Morgan fingerprint density at radius 3 is 2.04 bits per heavy atom. The topological polar surface area (TPSA) is 130 Å². The third kappa shape index (κ3) is 8.68. The summed E-state index contributed by atoms with van der Waals surface area (Å²) in [5.74, 6) is -1.02. The van der Waals surface area contributed by atoms with Gasteiger partial charge in [0.25, 0.3) is 15.7 Å². The summed E-state index contributed by atoms with van der Waals surface area (Å²) in [4.78, 5) is 40.0. The lowest BCUT2D eigenvalue weighted by molar-refractivity contribution is -0.384. The predicted octanol–water partition coefficient (Wildman–Crippen LogP) is 5.61. The zero-order valence-corrected chi connectivity index (χ0v) is 26.2. The van der Waals surface area contributed by atoms with Crippen LogP contribution in [0.4, 0.5) is 11.4 Å². The van der Waals surface area contributed by atoms with Crippen LogP contribution in [0.15, 0.2) is 114 Å². The lowest BCUT2D eigenvalue weighted by Crippen LogP contribution is -2.53. The highest BCUT2D eigenvalue weighted by Gasteiger charge is 2.34. The summed E-state index contributed by atoms with van der Waals surface area (Å²) < 4.78 is 28.8. The normalized spacial score (nSPS) is 11.8. The molecule has 234 valence electrons. The fraction of sp³-hybridized carbons (Fsp3) is 0.212. The summed E-state index contributed by atoms with van der Waals surface area (Å²) in [6, 6.07) is 27.6. The number of nitrogens with one attached hydrogen (secondary N) is 1. The van der Waals surface area contributed by atoms with Crippen LogP contribution in [-0.2, 0) is 32.6 Å². The molecule has 0 spiro atoms. The van der Waals surface area contributed by atoms with Gasteiger partial charge in [0.1, 0.15) is 12.6 Å². The molecule has 0 saturated carbocycles. The fourth-order valence-corrected chi connectivity index (χ4v) is 6.26. The molecule has 2 amide bonds. The van der Waals surface area contributed by atoms with Gasteiger partial charge < -0.3 is 10.2 Å². The number of nitrogens with zero attached hydrogens (tertiary/aromatic N) is 3. The van der Waals surface area contributed by atoms with Crippen molar-refractivity contribution in [3.63, 3.8) is 0 Å². The van der Waals surface area contributed by atoms with Gasteiger partial charge in [0, 0.05) is 36.7 Å². The van der Waals surface area contributed by atoms with Gasteiger partial charge in [0.05, 0.1) is 15.5 Å². The molecule has 4 rings (SSSR count). The second-order valence-electron chi connectivity index (χ2n) is 10.2. The van der Waals surface area contributed by atoms with Crippen molar-refractivity contribution in [2.24, 2.45) is 0 Å². The number of amides is 2. The van der Waals surface area contributed by atoms with Crippen LogP contribution >= 0.6 is 11.6 Å². The number of carbonyl (C=O) groups is 2. The molecule has 0 fully saturated rings. The van der Waals surface area contributed by atoms with Gasteiger partial charge in [-0.3, -0.25) is 24.0 Å². The van der Waals surface area contributed by atoms with E-state index in [2.05, 4.69) is 5.32 Å². The first-order chi connectivity index (χ1) is 21.6. The van der Waals surface area contributed by atoms with Gasteiger partial charge in [-0.2, -0.15) is 0 Å². The minimum Gasteiger partial charge on any atom is -0.354 e. The van der Waals surface area contributed by atoms with Crippen molar-refractivity contribution in [2.75, 3.05) is 17.4 Å². The molecular formula is C33H33ClN4O6S. The summed E-state index contributed by atoms with van der Waals surface area (Å²) in [6.07, 6.45) is 0.858. The Labute approximate surface area is 267 Å². The second kappa shape index (κ2) is 15.3. The summed E-state index contributed by atoms with van der Waals surface area (Å²) in [7, 11) is -4.32. The third-order valence-corrected chi connectivity index (χ3v) is 9.09. The van der Waals surface area contributed by atoms with Crippen LogP contribution in [0, 0.1) is 10.1 Å². The number of anilines is 1. The highest BCUT2D eigenvalue weighted by Crippen LogP contribution is 2.27. The first-order valence-corrected chi connectivity index (χ1v) is 16.1. The van der Waals surface area contributed by atoms with Crippen LogP contribution in [-0.4, -0.2) is 49.2 Å². The van der Waals surface area contributed by atoms with E-state index in [1.54, 1.807) is 42.5 Å². The number of carbonyl (C=O) groups excluding carboxylic acids is 2. The van der Waals surface area contributed by atoms with Crippen molar-refractivity contribution >= 4 is 44.8 Å². The molecule has 10 nitrogen and oxygen atoms in total. The van der Waals surface area contributed by atoms with E-state index in [0.717, 1.165) is 9.87 Å². The summed E-state index contributed by atoms with van der Waals surface area (Å²) in [6.45, 7) is 1.63. The number of nitro groups is 1. The molecule has 0 aliphatic rings. The lowest BCUT2D eigenvalue weighted by atomic mass is 10.0. The van der Waals surface area contributed by atoms with E-state index < -0.39 is 33.4 Å². The molecule has 0 heterocycles. The largest absolute Gasteiger partial charge is 0.354 e. The third-order valence-electron chi connectivity index (χ3n) is 7.05. The Bertz CT molecular complexity index is 1700. The molecule has 1 unspecified atom stereocenters. The molecule has 0 aliphatic heterocycles. The smallest absolute Gasteiger partial charge is 0.269 e. The molecule has 0 aliphatic carbocycles. The molecule has 1 N–H and O–H groups in total. The van der Waals surface area contributed by atoms with Crippen LogP contribution in [0.5, 0.6) is 0 Å². The van der Waals surface area contributed by atoms with Gasteiger partial charge >= 0.3 is 0 Å². The van der Waals surface area contributed by atoms with E-state index in [9.17, 15) is 28.1 Å². The molecule has 0 aromatic heterocycles. The number of non-ortho nitro benzene ring substituents is 1. The first kappa shape index (κ1) is 33.2. The number of rotatable bonds is 14. The van der Waals surface area contributed by atoms with E-state index in [4.69, 9.17) is 11.6 Å². The van der Waals surface area contributed by atoms with Gasteiger partial charge in [0.2, 0.25) is 11.8 Å². The van der Waals surface area contributed by atoms with Crippen molar-refractivity contribution < 1.29 is 22.9 Å². The molecule has 0 saturated heterocycles. The zero-order valence-electron chi connectivity index (χ0n) is 24.6. The highest BCUT2D eigenvalue weighted by molar-refractivity contribution is 7.92. The maximum Gasteiger partial charge on any atom is 0.269 e. The second-order valence-corrected chi connectivity index (χ2v) is 12.5.